The summed E-state index contributed by atoms with van der Waals surface area (Å²) < 4.78 is 31.9. The summed E-state index contributed by atoms with van der Waals surface area (Å²) in [5.41, 5.74) is 0.658. The van der Waals surface area contributed by atoms with Crippen LogP contribution in [-0.4, -0.2) is 23.1 Å². The minimum atomic E-state index is -3.49. The van der Waals surface area contributed by atoms with Crippen LogP contribution >= 0.6 is 0 Å². The van der Waals surface area contributed by atoms with Crippen LogP contribution < -0.4 is 0 Å². The SMILES string of the molecule is CC(C)n1ccnc1S(=O)(=O)Cc1cnoc1C1CC1. The first kappa shape index (κ1) is 13.4. The Balaban J connectivity index is 1.92. The highest BCUT2D eigenvalue weighted by atomic mass is 32.2. The molecule has 0 aromatic carbocycles. The van der Waals surface area contributed by atoms with Crippen molar-refractivity contribution in [2.24, 2.45) is 0 Å². The minimum Gasteiger partial charge on any atom is -0.361 e. The van der Waals surface area contributed by atoms with Gasteiger partial charge < -0.3 is 9.09 Å². The monoisotopic (exact) mass is 295 g/mol. The van der Waals surface area contributed by atoms with Gasteiger partial charge in [-0.3, -0.25) is 0 Å². The van der Waals surface area contributed by atoms with Crippen molar-refractivity contribution in [2.45, 2.75) is 49.6 Å². The smallest absolute Gasteiger partial charge is 0.228 e. The quantitative estimate of drug-likeness (QED) is 0.845. The maximum absolute atomic E-state index is 12.5. The summed E-state index contributed by atoms with van der Waals surface area (Å²) in [6.07, 6.45) is 6.80. The molecule has 20 heavy (non-hydrogen) atoms. The van der Waals surface area contributed by atoms with E-state index in [1.165, 1.54) is 12.4 Å². The van der Waals surface area contributed by atoms with Crippen LogP contribution in [0.15, 0.2) is 28.3 Å². The van der Waals surface area contributed by atoms with Crippen molar-refractivity contribution in [3.8, 4) is 0 Å². The van der Waals surface area contributed by atoms with Crippen LogP contribution in [0.5, 0.6) is 0 Å². The molecular weight excluding hydrogens is 278 g/mol. The van der Waals surface area contributed by atoms with Crippen LogP contribution in [0, 0.1) is 0 Å². The van der Waals surface area contributed by atoms with Crippen molar-refractivity contribution in [1.82, 2.24) is 14.7 Å². The summed E-state index contributed by atoms with van der Waals surface area (Å²) in [7, 11) is -3.49. The van der Waals surface area contributed by atoms with Gasteiger partial charge in [0.1, 0.15) is 5.76 Å². The van der Waals surface area contributed by atoms with Crippen LogP contribution in [0.25, 0.3) is 0 Å². The van der Waals surface area contributed by atoms with Gasteiger partial charge in [0.05, 0.1) is 11.9 Å². The number of nitrogens with zero attached hydrogens (tertiary/aromatic N) is 3. The zero-order valence-electron chi connectivity index (χ0n) is 11.5. The standard InChI is InChI=1S/C13H17N3O3S/c1-9(2)16-6-5-14-13(16)20(17,18)8-11-7-15-19-12(11)10-3-4-10/h5-7,9-10H,3-4,8H2,1-2H3. The van der Waals surface area contributed by atoms with E-state index in [4.69, 9.17) is 4.52 Å². The molecule has 1 fully saturated rings. The molecule has 0 atom stereocenters. The number of rotatable bonds is 5. The summed E-state index contributed by atoms with van der Waals surface area (Å²) in [5, 5.41) is 3.85. The third kappa shape index (κ3) is 2.37. The van der Waals surface area contributed by atoms with Crippen molar-refractivity contribution in [3.63, 3.8) is 0 Å². The Kier molecular flexibility index (Phi) is 3.16. The molecule has 2 aromatic rings. The van der Waals surface area contributed by atoms with Gasteiger partial charge >= 0.3 is 0 Å². The molecule has 0 N–H and O–H groups in total. The third-order valence-electron chi connectivity index (χ3n) is 3.44. The van der Waals surface area contributed by atoms with Crippen molar-refractivity contribution in [1.29, 1.82) is 0 Å². The van der Waals surface area contributed by atoms with E-state index >= 15 is 0 Å². The first-order valence-electron chi connectivity index (χ1n) is 6.68. The number of hydrogen-bond donors (Lipinski definition) is 0. The summed E-state index contributed by atoms with van der Waals surface area (Å²) in [4.78, 5) is 4.00. The van der Waals surface area contributed by atoms with Gasteiger partial charge in [-0.25, -0.2) is 13.4 Å². The molecule has 0 unspecified atom stereocenters. The molecule has 0 saturated heterocycles. The Labute approximate surface area is 117 Å². The van der Waals surface area contributed by atoms with Gasteiger partial charge in [0.15, 0.2) is 0 Å². The molecule has 0 aliphatic heterocycles. The first-order valence-corrected chi connectivity index (χ1v) is 8.33. The van der Waals surface area contributed by atoms with Gasteiger partial charge in [-0.05, 0) is 26.7 Å². The second kappa shape index (κ2) is 4.73. The zero-order valence-corrected chi connectivity index (χ0v) is 12.3. The molecule has 1 saturated carbocycles. The molecule has 1 aliphatic rings. The van der Waals surface area contributed by atoms with E-state index in [1.807, 2.05) is 13.8 Å². The fourth-order valence-corrected chi connectivity index (χ4v) is 3.83. The maximum atomic E-state index is 12.5. The Hall–Kier alpha value is -1.63. The van der Waals surface area contributed by atoms with Gasteiger partial charge in [-0.1, -0.05) is 5.16 Å². The molecule has 0 spiro atoms. The number of sulfone groups is 1. The average molecular weight is 295 g/mol. The predicted octanol–water partition coefficient (Wildman–Crippen LogP) is 2.30. The lowest BCUT2D eigenvalue weighted by molar-refractivity contribution is 0.383. The number of hydrogen-bond acceptors (Lipinski definition) is 5. The van der Waals surface area contributed by atoms with Crippen LogP contribution in [-0.2, 0) is 15.6 Å². The second-order valence-electron chi connectivity index (χ2n) is 5.46. The summed E-state index contributed by atoms with van der Waals surface area (Å²) >= 11 is 0. The average Bonchev–Trinajstić information content (AvgIpc) is 2.91. The van der Waals surface area contributed by atoms with Crippen LogP contribution in [0.2, 0.25) is 0 Å². The van der Waals surface area contributed by atoms with Crippen molar-refractivity contribution in [2.75, 3.05) is 0 Å². The Bertz CT molecular complexity index is 711. The van der Waals surface area contributed by atoms with E-state index in [0.29, 0.717) is 11.5 Å². The minimum absolute atomic E-state index is 0.0488. The summed E-state index contributed by atoms with van der Waals surface area (Å²) in [6.45, 7) is 3.85. The van der Waals surface area contributed by atoms with Gasteiger partial charge in [0.25, 0.3) is 0 Å². The molecule has 2 heterocycles. The normalized spacial score (nSPS) is 15.9. The molecule has 0 amide bonds. The van der Waals surface area contributed by atoms with Gasteiger partial charge in [-0.15, -0.1) is 0 Å². The zero-order chi connectivity index (χ0) is 14.3. The maximum Gasteiger partial charge on any atom is 0.228 e. The van der Waals surface area contributed by atoms with Gasteiger partial charge in [-0.2, -0.15) is 0 Å². The Morgan fingerprint density at radius 3 is 2.85 bits per heavy atom. The van der Waals surface area contributed by atoms with Gasteiger partial charge in [0, 0.05) is 29.9 Å². The van der Waals surface area contributed by atoms with E-state index in [0.717, 1.165) is 18.6 Å². The first-order chi connectivity index (χ1) is 9.49. The molecule has 0 radical (unpaired) electrons. The van der Waals surface area contributed by atoms with E-state index in [9.17, 15) is 8.42 Å². The van der Waals surface area contributed by atoms with E-state index < -0.39 is 9.84 Å². The summed E-state index contributed by atoms with van der Waals surface area (Å²) in [6, 6.07) is 0.0488. The molecule has 3 rings (SSSR count). The second-order valence-corrected chi connectivity index (χ2v) is 7.34. The van der Waals surface area contributed by atoms with Crippen LogP contribution in [0.1, 0.15) is 50.0 Å². The lowest BCUT2D eigenvalue weighted by Crippen LogP contribution is -2.14. The molecular formula is C13H17N3O3S. The number of aromatic nitrogens is 3. The fraction of sp³-hybridized carbons (Fsp3) is 0.538. The van der Waals surface area contributed by atoms with Crippen molar-refractivity contribution in [3.05, 3.63) is 29.9 Å². The molecule has 108 valence electrons. The fourth-order valence-electron chi connectivity index (χ4n) is 2.26. The summed E-state index contributed by atoms with van der Waals surface area (Å²) in [5.74, 6) is 0.954. The highest BCUT2D eigenvalue weighted by Crippen LogP contribution is 2.42. The topological polar surface area (TPSA) is 78.0 Å². The van der Waals surface area contributed by atoms with Gasteiger partial charge in [0.2, 0.25) is 15.0 Å². The van der Waals surface area contributed by atoms with Crippen molar-refractivity contribution < 1.29 is 12.9 Å². The van der Waals surface area contributed by atoms with Crippen LogP contribution in [0.3, 0.4) is 0 Å². The Morgan fingerprint density at radius 2 is 2.20 bits per heavy atom. The molecule has 1 aliphatic carbocycles. The molecule has 6 nitrogen and oxygen atoms in total. The molecule has 0 bridgehead atoms. The van der Waals surface area contributed by atoms with E-state index in [-0.39, 0.29) is 17.0 Å². The lowest BCUT2D eigenvalue weighted by atomic mass is 10.2. The van der Waals surface area contributed by atoms with Crippen LogP contribution in [0.4, 0.5) is 0 Å². The molecule has 7 heteroatoms. The lowest BCUT2D eigenvalue weighted by Gasteiger charge is -2.11. The molecule has 2 aromatic heterocycles. The predicted molar refractivity (Wildman–Crippen MR) is 72.0 cm³/mol. The largest absolute Gasteiger partial charge is 0.361 e. The Morgan fingerprint density at radius 1 is 1.45 bits per heavy atom. The highest BCUT2D eigenvalue weighted by Gasteiger charge is 2.33. The van der Waals surface area contributed by atoms with E-state index in [2.05, 4.69) is 10.1 Å². The van der Waals surface area contributed by atoms with E-state index in [1.54, 1.807) is 10.8 Å². The number of imidazole rings is 1. The third-order valence-corrected chi connectivity index (χ3v) is 5.00. The van der Waals surface area contributed by atoms with Crippen molar-refractivity contribution >= 4 is 9.84 Å². The highest BCUT2D eigenvalue weighted by molar-refractivity contribution is 7.90.